The number of anilines is 1. The Morgan fingerprint density at radius 1 is 1.54 bits per heavy atom. The van der Waals surface area contributed by atoms with Crippen molar-refractivity contribution in [2.45, 2.75) is 25.9 Å². The maximum absolute atomic E-state index is 14.3. The second kappa shape index (κ2) is 8.52. The molecular formula is C17H22FN5O2S. The number of carbonyl (C=O) groups is 1. The van der Waals surface area contributed by atoms with Crippen LogP contribution in [0.4, 0.5) is 9.52 Å². The molecule has 9 heteroatoms. The lowest BCUT2D eigenvalue weighted by molar-refractivity contribution is -0.114. The molecule has 26 heavy (non-hydrogen) atoms. The van der Waals surface area contributed by atoms with Crippen LogP contribution in [-0.2, 0) is 17.8 Å². The van der Waals surface area contributed by atoms with Gasteiger partial charge < -0.3 is 15.4 Å². The highest BCUT2D eigenvalue weighted by molar-refractivity contribution is 7.15. The SMILES string of the molecule is COc1nccc(CC2CN(Cc3cnc(NC(C)=O)s3)CCN2)c1F. The fourth-order valence-electron chi connectivity index (χ4n) is 3.01. The predicted molar refractivity (Wildman–Crippen MR) is 97.9 cm³/mol. The number of methoxy groups -OCH3 is 1. The van der Waals surface area contributed by atoms with Crippen LogP contribution < -0.4 is 15.4 Å². The van der Waals surface area contributed by atoms with Gasteiger partial charge in [-0.25, -0.2) is 14.4 Å². The first-order valence-electron chi connectivity index (χ1n) is 8.40. The van der Waals surface area contributed by atoms with Crippen LogP contribution in [0.15, 0.2) is 18.5 Å². The molecule has 1 saturated heterocycles. The Bertz CT molecular complexity index is 769. The van der Waals surface area contributed by atoms with E-state index in [-0.39, 0.29) is 17.8 Å². The van der Waals surface area contributed by atoms with Gasteiger partial charge in [-0.1, -0.05) is 0 Å². The number of pyridine rings is 1. The fraction of sp³-hybridized carbons (Fsp3) is 0.471. The lowest BCUT2D eigenvalue weighted by Gasteiger charge is -2.33. The molecule has 140 valence electrons. The average Bonchev–Trinajstić information content (AvgIpc) is 3.03. The number of hydrogen-bond donors (Lipinski definition) is 2. The van der Waals surface area contributed by atoms with Gasteiger partial charge in [0.05, 0.1) is 7.11 Å². The topological polar surface area (TPSA) is 79.4 Å². The van der Waals surface area contributed by atoms with Crippen molar-refractivity contribution in [2.24, 2.45) is 0 Å². The van der Waals surface area contributed by atoms with Gasteiger partial charge in [-0.15, -0.1) is 11.3 Å². The minimum atomic E-state index is -0.392. The molecule has 3 heterocycles. The zero-order valence-corrected chi connectivity index (χ0v) is 15.6. The molecule has 0 radical (unpaired) electrons. The van der Waals surface area contributed by atoms with Crippen LogP contribution in [0, 0.1) is 5.82 Å². The first kappa shape index (κ1) is 18.7. The lowest BCUT2D eigenvalue weighted by atomic mass is 10.0. The molecule has 1 fully saturated rings. The Labute approximate surface area is 155 Å². The van der Waals surface area contributed by atoms with Crippen molar-refractivity contribution < 1.29 is 13.9 Å². The quantitative estimate of drug-likeness (QED) is 0.795. The molecule has 1 atom stereocenters. The minimum absolute atomic E-state index is 0.0327. The number of thiazole rings is 1. The van der Waals surface area contributed by atoms with Gasteiger partial charge in [0.2, 0.25) is 11.8 Å². The first-order valence-corrected chi connectivity index (χ1v) is 9.22. The third kappa shape index (κ3) is 4.75. The highest BCUT2D eigenvalue weighted by Gasteiger charge is 2.22. The molecule has 3 rings (SSSR count). The van der Waals surface area contributed by atoms with E-state index >= 15 is 0 Å². The van der Waals surface area contributed by atoms with E-state index < -0.39 is 5.82 Å². The van der Waals surface area contributed by atoms with Crippen LogP contribution in [0.5, 0.6) is 5.88 Å². The van der Waals surface area contributed by atoms with Crippen molar-refractivity contribution in [3.8, 4) is 5.88 Å². The summed E-state index contributed by atoms with van der Waals surface area (Å²) < 4.78 is 19.3. The molecule has 2 aromatic rings. The Morgan fingerprint density at radius 2 is 2.38 bits per heavy atom. The molecule has 7 nitrogen and oxygen atoms in total. The molecule has 0 spiro atoms. The number of aromatic nitrogens is 2. The van der Waals surface area contributed by atoms with Crippen LogP contribution in [-0.4, -0.2) is 53.6 Å². The number of carbonyl (C=O) groups excluding carboxylic acids is 1. The number of nitrogens with one attached hydrogen (secondary N) is 2. The van der Waals surface area contributed by atoms with Crippen molar-refractivity contribution in [2.75, 3.05) is 32.1 Å². The van der Waals surface area contributed by atoms with Gasteiger partial charge in [-0.3, -0.25) is 9.69 Å². The Balaban J connectivity index is 1.59. The molecule has 1 aliphatic heterocycles. The number of hydrogen-bond acceptors (Lipinski definition) is 7. The normalized spacial score (nSPS) is 17.9. The number of rotatable bonds is 6. The first-order chi connectivity index (χ1) is 12.5. The molecule has 1 aliphatic rings. The maximum Gasteiger partial charge on any atom is 0.250 e. The summed E-state index contributed by atoms with van der Waals surface area (Å²) in [6.45, 7) is 4.78. The fourth-order valence-corrected chi connectivity index (χ4v) is 3.91. The minimum Gasteiger partial charge on any atom is -0.479 e. The van der Waals surface area contributed by atoms with Crippen molar-refractivity contribution >= 4 is 22.4 Å². The number of amides is 1. The summed E-state index contributed by atoms with van der Waals surface area (Å²) in [6, 6.07) is 1.84. The molecule has 0 aliphatic carbocycles. The van der Waals surface area contributed by atoms with Crippen molar-refractivity contribution in [1.82, 2.24) is 20.2 Å². The standard InChI is InChI=1S/C17H22FN5O2S/c1-11(24)22-17-21-8-14(26-17)10-23-6-5-19-13(9-23)7-12-3-4-20-16(25-2)15(12)18/h3-4,8,13,19H,5-7,9-10H2,1-2H3,(H,21,22,24). The summed E-state index contributed by atoms with van der Waals surface area (Å²) in [4.78, 5) is 22.6. The van der Waals surface area contributed by atoms with Crippen molar-refractivity contribution in [3.05, 3.63) is 34.7 Å². The van der Waals surface area contributed by atoms with E-state index in [1.807, 2.05) is 0 Å². The largest absolute Gasteiger partial charge is 0.479 e. The monoisotopic (exact) mass is 379 g/mol. The number of nitrogens with zero attached hydrogens (tertiary/aromatic N) is 3. The van der Waals surface area contributed by atoms with E-state index in [2.05, 4.69) is 25.5 Å². The smallest absolute Gasteiger partial charge is 0.250 e. The molecule has 1 unspecified atom stereocenters. The number of halogens is 1. The van der Waals surface area contributed by atoms with Crippen LogP contribution in [0.25, 0.3) is 0 Å². The molecule has 1 amide bonds. The van der Waals surface area contributed by atoms with Gasteiger partial charge in [0.25, 0.3) is 0 Å². The third-order valence-electron chi connectivity index (χ3n) is 4.15. The molecule has 0 aromatic carbocycles. The van der Waals surface area contributed by atoms with E-state index in [1.165, 1.54) is 25.4 Å². The van der Waals surface area contributed by atoms with Gasteiger partial charge in [0.15, 0.2) is 10.9 Å². The van der Waals surface area contributed by atoms with E-state index in [0.717, 1.165) is 31.1 Å². The lowest BCUT2D eigenvalue weighted by Crippen LogP contribution is -2.51. The van der Waals surface area contributed by atoms with Gasteiger partial charge >= 0.3 is 0 Å². The van der Waals surface area contributed by atoms with E-state index in [9.17, 15) is 9.18 Å². The molecule has 0 saturated carbocycles. The maximum atomic E-state index is 14.3. The Kier molecular flexibility index (Phi) is 6.12. The van der Waals surface area contributed by atoms with E-state index in [4.69, 9.17) is 4.74 Å². The van der Waals surface area contributed by atoms with Crippen LogP contribution in [0.1, 0.15) is 17.4 Å². The molecular weight excluding hydrogens is 357 g/mol. The Morgan fingerprint density at radius 3 is 3.15 bits per heavy atom. The van der Waals surface area contributed by atoms with Gasteiger partial charge in [-0.2, -0.15) is 0 Å². The zero-order chi connectivity index (χ0) is 18.5. The number of ether oxygens (including phenoxy) is 1. The van der Waals surface area contributed by atoms with Crippen LogP contribution in [0.3, 0.4) is 0 Å². The summed E-state index contributed by atoms with van der Waals surface area (Å²) in [6.07, 6.45) is 3.93. The summed E-state index contributed by atoms with van der Waals surface area (Å²) in [5.41, 5.74) is 0.599. The third-order valence-corrected chi connectivity index (χ3v) is 5.05. The summed E-state index contributed by atoms with van der Waals surface area (Å²) in [5.74, 6) is -0.482. The van der Waals surface area contributed by atoms with Crippen LogP contribution >= 0.6 is 11.3 Å². The average molecular weight is 379 g/mol. The second-order valence-corrected chi connectivity index (χ2v) is 7.31. The highest BCUT2D eigenvalue weighted by Crippen LogP contribution is 2.22. The number of piperazine rings is 1. The van der Waals surface area contributed by atoms with Gasteiger partial charge in [-0.05, 0) is 18.1 Å². The summed E-state index contributed by atoms with van der Waals surface area (Å²) >= 11 is 1.48. The summed E-state index contributed by atoms with van der Waals surface area (Å²) in [5, 5.41) is 6.76. The molecule has 2 aromatic heterocycles. The predicted octanol–water partition coefficient (Wildman–Crippen LogP) is 1.66. The molecule has 2 N–H and O–H groups in total. The van der Waals surface area contributed by atoms with E-state index in [1.54, 1.807) is 18.5 Å². The van der Waals surface area contributed by atoms with E-state index in [0.29, 0.717) is 17.1 Å². The summed E-state index contributed by atoms with van der Waals surface area (Å²) in [7, 11) is 1.42. The second-order valence-electron chi connectivity index (χ2n) is 6.20. The Hall–Kier alpha value is -2.10. The highest BCUT2D eigenvalue weighted by atomic mass is 32.1. The van der Waals surface area contributed by atoms with Crippen molar-refractivity contribution in [1.29, 1.82) is 0 Å². The van der Waals surface area contributed by atoms with Gasteiger partial charge in [0.1, 0.15) is 0 Å². The zero-order valence-electron chi connectivity index (χ0n) is 14.8. The molecule has 0 bridgehead atoms. The van der Waals surface area contributed by atoms with Crippen LogP contribution in [0.2, 0.25) is 0 Å². The van der Waals surface area contributed by atoms with Gasteiger partial charge in [0, 0.05) is 56.4 Å². The van der Waals surface area contributed by atoms with Crippen molar-refractivity contribution in [3.63, 3.8) is 0 Å².